The predicted octanol–water partition coefficient (Wildman–Crippen LogP) is 4.10. The fraction of sp³-hybridized carbons (Fsp3) is 0.375. The molecule has 20 heavy (non-hydrogen) atoms. The molecule has 0 spiro atoms. The van der Waals surface area contributed by atoms with Gasteiger partial charge in [-0.05, 0) is 43.3 Å². The van der Waals surface area contributed by atoms with Crippen molar-refractivity contribution in [3.05, 3.63) is 51.9 Å². The molecule has 0 radical (unpaired) electrons. The van der Waals surface area contributed by atoms with Gasteiger partial charge in [-0.3, -0.25) is 0 Å². The molecule has 3 nitrogen and oxygen atoms in total. The van der Waals surface area contributed by atoms with E-state index < -0.39 is 0 Å². The molecular formula is C16H21BrN2O. The summed E-state index contributed by atoms with van der Waals surface area (Å²) in [5.74, 6) is 1.94. The summed E-state index contributed by atoms with van der Waals surface area (Å²) in [5, 5.41) is 3.38. The average molecular weight is 337 g/mol. The minimum Gasteiger partial charge on any atom is -0.464 e. The molecule has 108 valence electrons. The van der Waals surface area contributed by atoms with Crippen LogP contribution in [0.1, 0.15) is 24.0 Å². The van der Waals surface area contributed by atoms with Crippen LogP contribution in [-0.2, 0) is 13.1 Å². The van der Waals surface area contributed by atoms with Crippen molar-refractivity contribution >= 4 is 21.6 Å². The van der Waals surface area contributed by atoms with Crippen LogP contribution >= 0.6 is 15.9 Å². The molecule has 2 aromatic rings. The van der Waals surface area contributed by atoms with Gasteiger partial charge in [0.1, 0.15) is 11.5 Å². The van der Waals surface area contributed by atoms with Crippen molar-refractivity contribution in [2.45, 2.75) is 26.9 Å². The van der Waals surface area contributed by atoms with Crippen LogP contribution in [-0.4, -0.2) is 13.6 Å². The van der Waals surface area contributed by atoms with Crippen molar-refractivity contribution in [3.8, 4) is 0 Å². The predicted molar refractivity (Wildman–Crippen MR) is 87.1 cm³/mol. The fourth-order valence-corrected chi connectivity index (χ4v) is 2.54. The fourth-order valence-electron chi connectivity index (χ4n) is 2.19. The maximum absolute atomic E-state index is 5.66. The Bertz CT molecular complexity index is 565. The van der Waals surface area contributed by atoms with Crippen LogP contribution in [0.5, 0.6) is 0 Å². The van der Waals surface area contributed by atoms with Gasteiger partial charge in [-0.25, -0.2) is 0 Å². The van der Waals surface area contributed by atoms with Crippen LogP contribution in [0.3, 0.4) is 0 Å². The first-order chi connectivity index (χ1) is 9.60. The third-order valence-corrected chi connectivity index (χ3v) is 3.71. The molecule has 2 rings (SSSR count). The Morgan fingerprint density at radius 1 is 1.25 bits per heavy atom. The van der Waals surface area contributed by atoms with E-state index in [2.05, 4.69) is 58.3 Å². The van der Waals surface area contributed by atoms with E-state index in [0.717, 1.165) is 35.6 Å². The topological polar surface area (TPSA) is 28.4 Å². The standard InChI is InChI=1S/C16H21BrN2O/c1-4-18-10-13-6-7-14(17)9-16(13)19(3)11-15-8-5-12(2)20-15/h5-9,18H,4,10-11H2,1-3H3. The summed E-state index contributed by atoms with van der Waals surface area (Å²) in [6, 6.07) is 10.4. The lowest BCUT2D eigenvalue weighted by Gasteiger charge is -2.22. The van der Waals surface area contributed by atoms with Gasteiger partial charge in [0.15, 0.2) is 0 Å². The highest BCUT2D eigenvalue weighted by Gasteiger charge is 2.10. The summed E-state index contributed by atoms with van der Waals surface area (Å²) in [4.78, 5) is 2.22. The number of aryl methyl sites for hydroxylation is 1. The molecule has 0 aliphatic carbocycles. The number of hydrogen-bond donors (Lipinski definition) is 1. The van der Waals surface area contributed by atoms with Crippen LogP contribution in [0, 0.1) is 6.92 Å². The minimum absolute atomic E-state index is 0.767. The SMILES string of the molecule is CCNCc1ccc(Br)cc1N(C)Cc1ccc(C)o1. The van der Waals surface area contributed by atoms with Gasteiger partial charge >= 0.3 is 0 Å². The van der Waals surface area contributed by atoms with E-state index in [0.29, 0.717) is 0 Å². The lowest BCUT2D eigenvalue weighted by molar-refractivity contribution is 0.481. The van der Waals surface area contributed by atoms with E-state index in [-0.39, 0.29) is 0 Å². The highest BCUT2D eigenvalue weighted by Crippen LogP contribution is 2.26. The van der Waals surface area contributed by atoms with Crippen LogP contribution in [0.25, 0.3) is 0 Å². The molecule has 0 bridgehead atoms. The van der Waals surface area contributed by atoms with E-state index in [4.69, 9.17) is 4.42 Å². The second kappa shape index (κ2) is 6.95. The number of benzene rings is 1. The van der Waals surface area contributed by atoms with E-state index in [1.807, 2.05) is 19.1 Å². The smallest absolute Gasteiger partial charge is 0.123 e. The second-order valence-corrected chi connectivity index (χ2v) is 5.84. The van der Waals surface area contributed by atoms with Crippen LogP contribution < -0.4 is 10.2 Å². The third-order valence-electron chi connectivity index (χ3n) is 3.21. The second-order valence-electron chi connectivity index (χ2n) is 4.92. The normalized spacial score (nSPS) is 10.8. The van der Waals surface area contributed by atoms with Crippen molar-refractivity contribution in [2.75, 3.05) is 18.5 Å². The molecule has 0 atom stereocenters. The molecule has 1 aromatic carbocycles. The zero-order valence-electron chi connectivity index (χ0n) is 12.2. The molecule has 0 aliphatic heterocycles. The van der Waals surface area contributed by atoms with E-state index in [9.17, 15) is 0 Å². The molecule has 1 N–H and O–H groups in total. The van der Waals surface area contributed by atoms with E-state index in [1.54, 1.807) is 0 Å². The molecular weight excluding hydrogens is 316 g/mol. The summed E-state index contributed by atoms with van der Waals surface area (Å²) in [5.41, 5.74) is 2.51. The highest BCUT2D eigenvalue weighted by molar-refractivity contribution is 9.10. The Morgan fingerprint density at radius 3 is 2.70 bits per heavy atom. The number of nitrogens with one attached hydrogen (secondary N) is 1. The Hall–Kier alpha value is -1.26. The monoisotopic (exact) mass is 336 g/mol. The molecule has 1 aromatic heterocycles. The molecule has 1 heterocycles. The largest absolute Gasteiger partial charge is 0.464 e. The summed E-state index contributed by atoms with van der Waals surface area (Å²) in [6.45, 7) is 6.70. The molecule has 0 unspecified atom stereocenters. The molecule has 0 amide bonds. The minimum atomic E-state index is 0.767. The molecule has 0 saturated heterocycles. The Labute approximate surface area is 129 Å². The van der Waals surface area contributed by atoms with Gasteiger partial charge in [0.05, 0.1) is 6.54 Å². The maximum atomic E-state index is 5.66. The zero-order chi connectivity index (χ0) is 14.5. The van der Waals surface area contributed by atoms with E-state index in [1.165, 1.54) is 11.3 Å². The number of halogens is 1. The van der Waals surface area contributed by atoms with Crippen molar-refractivity contribution in [3.63, 3.8) is 0 Å². The Balaban J connectivity index is 2.18. The molecule has 0 saturated carbocycles. The average Bonchev–Trinajstić information content (AvgIpc) is 2.82. The zero-order valence-corrected chi connectivity index (χ0v) is 13.8. The first kappa shape index (κ1) is 15.1. The van der Waals surface area contributed by atoms with Crippen molar-refractivity contribution in [1.82, 2.24) is 5.32 Å². The van der Waals surface area contributed by atoms with Gasteiger partial charge in [-0.2, -0.15) is 0 Å². The summed E-state index contributed by atoms with van der Waals surface area (Å²) >= 11 is 3.55. The van der Waals surface area contributed by atoms with Gasteiger partial charge < -0.3 is 14.6 Å². The first-order valence-electron chi connectivity index (χ1n) is 6.85. The number of furan rings is 1. The molecule has 0 fully saturated rings. The molecule has 0 aliphatic rings. The van der Waals surface area contributed by atoms with Crippen molar-refractivity contribution in [2.24, 2.45) is 0 Å². The van der Waals surface area contributed by atoms with Gasteiger partial charge in [-0.1, -0.05) is 28.9 Å². The van der Waals surface area contributed by atoms with Crippen LogP contribution in [0.15, 0.2) is 39.2 Å². The molecule has 4 heteroatoms. The van der Waals surface area contributed by atoms with E-state index >= 15 is 0 Å². The summed E-state index contributed by atoms with van der Waals surface area (Å²) < 4.78 is 6.75. The summed E-state index contributed by atoms with van der Waals surface area (Å²) in [6.07, 6.45) is 0. The van der Waals surface area contributed by atoms with Gasteiger partial charge in [0.25, 0.3) is 0 Å². The highest BCUT2D eigenvalue weighted by atomic mass is 79.9. The van der Waals surface area contributed by atoms with Crippen LogP contribution in [0.4, 0.5) is 5.69 Å². The third kappa shape index (κ3) is 3.87. The lowest BCUT2D eigenvalue weighted by atomic mass is 10.1. The Kier molecular flexibility index (Phi) is 5.26. The lowest BCUT2D eigenvalue weighted by Crippen LogP contribution is -2.20. The van der Waals surface area contributed by atoms with Crippen molar-refractivity contribution < 1.29 is 4.42 Å². The number of anilines is 1. The van der Waals surface area contributed by atoms with Crippen molar-refractivity contribution in [1.29, 1.82) is 0 Å². The van der Waals surface area contributed by atoms with Crippen LogP contribution in [0.2, 0.25) is 0 Å². The van der Waals surface area contributed by atoms with Gasteiger partial charge in [0.2, 0.25) is 0 Å². The van der Waals surface area contributed by atoms with Gasteiger partial charge in [-0.15, -0.1) is 0 Å². The first-order valence-corrected chi connectivity index (χ1v) is 7.65. The quantitative estimate of drug-likeness (QED) is 0.860. The summed E-state index contributed by atoms with van der Waals surface area (Å²) in [7, 11) is 2.09. The van der Waals surface area contributed by atoms with Gasteiger partial charge in [0, 0.05) is 23.8 Å². The number of nitrogens with zero attached hydrogens (tertiary/aromatic N) is 1. The number of rotatable bonds is 6. The Morgan fingerprint density at radius 2 is 2.05 bits per heavy atom. The number of hydrogen-bond acceptors (Lipinski definition) is 3. The maximum Gasteiger partial charge on any atom is 0.123 e.